The van der Waals surface area contributed by atoms with E-state index in [1.807, 2.05) is 6.92 Å². The molecule has 70 valence electrons. The molecular formula is C7H18O4. The van der Waals surface area contributed by atoms with Crippen molar-refractivity contribution in [2.45, 2.75) is 26.1 Å². The normalized spacial score (nSPS) is 15.3. The van der Waals surface area contributed by atoms with Crippen molar-refractivity contribution in [3.05, 3.63) is 0 Å². The van der Waals surface area contributed by atoms with Crippen molar-refractivity contribution in [3.63, 3.8) is 0 Å². The molecule has 4 nitrogen and oxygen atoms in total. The van der Waals surface area contributed by atoms with E-state index >= 15 is 0 Å². The largest absolute Gasteiger partial charge is 0.412 e. The fourth-order valence-corrected chi connectivity index (χ4v) is 0.586. The number of hydrogen-bond donors (Lipinski definition) is 1. The molecule has 0 bridgehead atoms. The van der Waals surface area contributed by atoms with Crippen molar-refractivity contribution in [2.24, 2.45) is 0 Å². The average Bonchev–Trinajstić information content (AvgIpc) is 1.85. The molecule has 0 amide bonds. The van der Waals surface area contributed by atoms with Gasteiger partial charge in [0.1, 0.15) is 0 Å². The summed E-state index contributed by atoms with van der Waals surface area (Å²) in [5.41, 5.74) is 0. The molecule has 0 aliphatic rings. The first-order valence-electron chi connectivity index (χ1n) is 3.45. The van der Waals surface area contributed by atoms with E-state index in [4.69, 9.17) is 14.6 Å². The van der Waals surface area contributed by atoms with Crippen LogP contribution in [0.15, 0.2) is 0 Å². The third kappa shape index (κ3) is 9.84. The van der Waals surface area contributed by atoms with E-state index in [0.717, 1.165) is 0 Å². The van der Waals surface area contributed by atoms with E-state index in [1.165, 1.54) is 0 Å². The second-order valence-corrected chi connectivity index (χ2v) is 2.45. The molecule has 0 fully saturated rings. The van der Waals surface area contributed by atoms with Crippen molar-refractivity contribution in [3.8, 4) is 0 Å². The molecule has 3 N–H and O–H groups in total. The van der Waals surface area contributed by atoms with Gasteiger partial charge in [-0.15, -0.1) is 0 Å². The monoisotopic (exact) mass is 166 g/mol. The fraction of sp³-hybridized carbons (Fsp3) is 1.00. The van der Waals surface area contributed by atoms with Crippen LogP contribution in [0.5, 0.6) is 0 Å². The molecular weight excluding hydrogens is 148 g/mol. The lowest BCUT2D eigenvalue weighted by Gasteiger charge is -2.12. The Labute approximate surface area is 67.4 Å². The maximum absolute atomic E-state index is 8.80. The second-order valence-electron chi connectivity index (χ2n) is 2.45. The average molecular weight is 166 g/mol. The van der Waals surface area contributed by atoms with Crippen LogP contribution >= 0.6 is 0 Å². The van der Waals surface area contributed by atoms with E-state index in [1.54, 1.807) is 14.0 Å². The van der Waals surface area contributed by atoms with E-state index in [0.29, 0.717) is 13.2 Å². The Morgan fingerprint density at radius 2 is 1.82 bits per heavy atom. The van der Waals surface area contributed by atoms with Crippen molar-refractivity contribution in [1.82, 2.24) is 0 Å². The SMILES string of the molecule is COCC(C)OCC(C)O.O. The molecule has 0 spiro atoms. The molecule has 0 radical (unpaired) electrons. The molecule has 0 heterocycles. The summed E-state index contributed by atoms with van der Waals surface area (Å²) in [5.74, 6) is 0. The van der Waals surface area contributed by atoms with Gasteiger partial charge in [-0.05, 0) is 13.8 Å². The van der Waals surface area contributed by atoms with E-state index in [9.17, 15) is 0 Å². The molecule has 0 aliphatic carbocycles. The van der Waals surface area contributed by atoms with E-state index in [-0.39, 0.29) is 17.7 Å². The maximum atomic E-state index is 8.80. The predicted octanol–water partition coefficient (Wildman–Crippen LogP) is -0.406. The number of hydrogen-bond acceptors (Lipinski definition) is 3. The summed E-state index contributed by atoms with van der Waals surface area (Å²) in [5, 5.41) is 8.80. The van der Waals surface area contributed by atoms with Crippen molar-refractivity contribution in [2.75, 3.05) is 20.3 Å². The van der Waals surface area contributed by atoms with E-state index < -0.39 is 0 Å². The highest BCUT2D eigenvalue weighted by Crippen LogP contribution is 1.92. The van der Waals surface area contributed by atoms with Crippen LogP contribution in [0.4, 0.5) is 0 Å². The zero-order chi connectivity index (χ0) is 7.98. The zero-order valence-corrected chi connectivity index (χ0v) is 7.33. The number of aliphatic hydroxyl groups is 1. The lowest BCUT2D eigenvalue weighted by atomic mass is 10.4. The van der Waals surface area contributed by atoms with Gasteiger partial charge in [-0.25, -0.2) is 0 Å². The first kappa shape index (κ1) is 13.4. The smallest absolute Gasteiger partial charge is 0.0781 e. The first-order valence-corrected chi connectivity index (χ1v) is 3.45. The highest BCUT2D eigenvalue weighted by atomic mass is 16.5. The number of ether oxygens (including phenoxy) is 2. The van der Waals surface area contributed by atoms with Crippen LogP contribution in [-0.4, -0.2) is 43.1 Å². The summed E-state index contributed by atoms with van der Waals surface area (Å²) in [4.78, 5) is 0. The molecule has 4 heteroatoms. The Morgan fingerprint density at radius 3 is 2.18 bits per heavy atom. The number of rotatable bonds is 5. The lowest BCUT2D eigenvalue weighted by molar-refractivity contribution is -0.0268. The fourth-order valence-electron chi connectivity index (χ4n) is 0.586. The molecule has 0 rings (SSSR count). The molecule has 0 aromatic carbocycles. The summed E-state index contributed by atoms with van der Waals surface area (Å²) in [6, 6.07) is 0. The van der Waals surface area contributed by atoms with Crippen molar-refractivity contribution in [1.29, 1.82) is 0 Å². The van der Waals surface area contributed by atoms with E-state index in [2.05, 4.69) is 0 Å². The molecule has 0 saturated carbocycles. The minimum absolute atomic E-state index is 0. The van der Waals surface area contributed by atoms with Crippen molar-refractivity contribution >= 4 is 0 Å². The highest BCUT2D eigenvalue weighted by Gasteiger charge is 2.02. The summed E-state index contributed by atoms with van der Waals surface area (Å²) in [6.45, 7) is 4.56. The summed E-state index contributed by atoms with van der Waals surface area (Å²) >= 11 is 0. The van der Waals surface area contributed by atoms with Gasteiger partial charge in [-0.3, -0.25) is 0 Å². The molecule has 2 unspecified atom stereocenters. The minimum atomic E-state index is -0.390. The third-order valence-corrected chi connectivity index (χ3v) is 1.02. The van der Waals surface area contributed by atoms with Gasteiger partial charge in [-0.1, -0.05) is 0 Å². The van der Waals surface area contributed by atoms with Crippen LogP contribution in [0.25, 0.3) is 0 Å². The van der Waals surface area contributed by atoms with Crippen LogP contribution in [-0.2, 0) is 9.47 Å². The highest BCUT2D eigenvalue weighted by molar-refractivity contribution is 4.48. The second kappa shape index (κ2) is 7.94. The van der Waals surface area contributed by atoms with Crippen LogP contribution in [0.1, 0.15) is 13.8 Å². The molecule has 0 aliphatic heterocycles. The topological polar surface area (TPSA) is 70.2 Å². The molecule has 0 aromatic heterocycles. The van der Waals surface area contributed by atoms with Gasteiger partial charge in [-0.2, -0.15) is 0 Å². The number of methoxy groups -OCH3 is 1. The maximum Gasteiger partial charge on any atom is 0.0781 e. The van der Waals surface area contributed by atoms with Gasteiger partial charge in [0.05, 0.1) is 25.4 Å². The minimum Gasteiger partial charge on any atom is -0.412 e. The zero-order valence-electron chi connectivity index (χ0n) is 7.33. The summed E-state index contributed by atoms with van der Waals surface area (Å²) in [7, 11) is 1.63. The quantitative estimate of drug-likeness (QED) is 0.603. The first-order chi connectivity index (χ1) is 4.66. The van der Waals surface area contributed by atoms with Gasteiger partial charge in [0, 0.05) is 7.11 Å². The number of aliphatic hydroxyl groups excluding tert-OH is 1. The lowest BCUT2D eigenvalue weighted by Crippen LogP contribution is -2.20. The Morgan fingerprint density at radius 1 is 1.27 bits per heavy atom. The Kier molecular flexibility index (Phi) is 9.70. The Bertz CT molecular complexity index is 74.8. The molecule has 0 saturated heterocycles. The third-order valence-electron chi connectivity index (χ3n) is 1.02. The van der Waals surface area contributed by atoms with Crippen molar-refractivity contribution < 1.29 is 20.1 Å². The van der Waals surface area contributed by atoms with Gasteiger partial charge in [0.2, 0.25) is 0 Å². The summed E-state index contributed by atoms with van der Waals surface area (Å²) in [6.07, 6.45) is -0.320. The molecule has 2 atom stereocenters. The van der Waals surface area contributed by atoms with Crippen LogP contribution < -0.4 is 0 Å². The molecule has 0 aromatic rings. The van der Waals surface area contributed by atoms with Gasteiger partial charge in [0.15, 0.2) is 0 Å². The van der Waals surface area contributed by atoms with Crippen LogP contribution in [0.3, 0.4) is 0 Å². The Balaban J connectivity index is 0. The van der Waals surface area contributed by atoms with Gasteiger partial charge in [0.25, 0.3) is 0 Å². The standard InChI is InChI=1S/C7H16O3.H2O/c1-6(8)4-10-7(2)5-9-3;/h6-8H,4-5H2,1-3H3;1H2. The van der Waals surface area contributed by atoms with Gasteiger partial charge >= 0.3 is 0 Å². The van der Waals surface area contributed by atoms with Crippen LogP contribution in [0.2, 0.25) is 0 Å². The van der Waals surface area contributed by atoms with Crippen LogP contribution in [0, 0.1) is 0 Å². The van der Waals surface area contributed by atoms with Gasteiger partial charge < -0.3 is 20.1 Å². The summed E-state index contributed by atoms with van der Waals surface area (Å²) < 4.78 is 10.00. The Hall–Kier alpha value is -0.160. The molecule has 11 heavy (non-hydrogen) atoms. The predicted molar refractivity (Wildman–Crippen MR) is 42.6 cm³/mol.